The third kappa shape index (κ3) is 3.81. The van der Waals surface area contributed by atoms with Crippen molar-refractivity contribution in [3.63, 3.8) is 0 Å². The van der Waals surface area contributed by atoms with Crippen molar-refractivity contribution in [3.05, 3.63) is 77.6 Å². The van der Waals surface area contributed by atoms with Crippen LogP contribution >= 0.6 is 0 Å². The van der Waals surface area contributed by atoms with Crippen molar-refractivity contribution in [2.75, 3.05) is 16.8 Å². The van der Waals surface area contributed by atoms with E-state index in [0.29, 0.717) is 18.5 Å². The molecule has 0 bridgehead atoms. The molecule has 1 aliphatic heterocycles. The maximum absolute atomic E-state index is 12.6. The fraction of sp³-hybridized carbons (Fsp3) is 0.227. The van der Waals surface area contributed by atoms with Crippen LogP contribution < -0.4 is 10.2 Å². The van der Waals surface area contributed by atoms with Gasteiger partial charge in [-0.1, -0.05) is 12.1 Å². The summed E-state index contributed by atoms with van der Waals surface area (Å²) >= 11 is 0. The van der Waals surface area contributed by atoms with E-state index in [1.54, 1.807) is 6.20 Å². The van der Waals surface area contributed by atoms with E-state index in [1.165, 1.54) is 0 Å². The highest BCUT2D eigenvalue weighted by atomic mass is 16.2. The molecular formula is C22H22N4O2. The minimum absolute atomic E-state index is 0.157. The molecule has 1 fully saturated rings. The zero-order valence-corrected chi connectivity index (χ0v) is 15.8. The van der Waals surface area contributed by atoms with Gasteiger partial charge in [0.2, 0.25) is 5.91 Å². The van der Waals surface area contributed by atoms with Gasteiger partial charge < -0.3 is 10.2 Å². The number of amides is 2. The van der Waals surface area contributed by atoms with Crippen LogP contribution in [0.3, 0.4) is 0 Å². The summed E-state index contributed by atoms with van der Waals surface area (Å²) in [7, 11) is 0. The molecule has 0 atom stereocenters. The molecule has 6 nitrogen and oxygen atoms in total. The highest BCUT2D eigenvalue weighted by Crippen LogP contribution is 2.27. The number of carbonyl (C=O) groups excluding carboxylic acids is 2. The molecule has 0 radical (unpaired) electrons. The third-order valence-corrected chi connectivity index (χ3v) is 4.94. The van der Waals surface area contributed by atoms with E-state index in [0.717, 1.165) is 35.5 Å². The summed E-state index contributed by atoms with van der Waals surface area (Å²) in [6.07, 6.45) is 5.15. The van der Waals surface area contributed by atoms with Crippen LogP contribution in [0, 0.1) is 6.92 Å². The molecule has 2 heterocycles. The Morgan fingerprint density at radius 3 is 2.64 bits per heavy atom. The molecule has 0 aliphatic carbocycles. The van der Waals surface area contributed by atoms with E-state index in [9.17, 15) is 9.59 Å². The normalized spacial score (nSPS) is 13.8. The predicted octanol–water partition coefficient (Wildman–Crippen LogP) is 3.62. The van der Waals surface area contributed by atoms with Gasteiger partial charge in [0.25, 0.3) is 5.91 Å². The maximum Gasteiger partial charge on any atom is 0.255 e. The number of hydrogen-bond donors (Lipinski definition) is 1. The summed E-state index contributed by atoms with van der Waals surface area (Å²) in [5.74, 6) is 0.00475. The molecule has 4 rings (SSSR count). The van der Waals surface area contributed by atoms with E-state index in [2.05, 4.69) is 10.4 Å². The Bertz CT molecular complexity index is 994. The lowest BCUT2D eigenvalue weighted by Gasteiger charge is -2.19. The number of nitrogens with one attached hydrogen (secondary N) is 1. The largest absolute Gasteiger partial charge is 0.322 e. The summed E-state index contributed by atoms with van der Waals surface area (Å²) in [4.78, 5) is 26.3. The second kappa shape index (κ2) is 7.68. The van der Waals surface area contributed by atoms with Gasteiger partial charge in [-0.05, 0) is 60.9 Å². The first-order valence-corrected chi connectivity index (χ1v) is 9.39. The number of hydrogen-bond acceptors (Lipinski definition) is 3. The van der Waals surface area contributed by atoms with Crippen LogP contribution in [0.15, 0.2) is 60.9 Å². The first kappa shape index (κ1) is 18.0. The lowest BCUT2D eigenvalue weighted by Crippen LogP contribution is -2.24. The molecule has 1 N–H and O–H groups in total. The summed E-state index contributed by atoms with van der Waals surface area (Å²) in [5, 5.41) is 7.12. The molecule has 1 aliphatic rings. The van der Waals surface area contributed by atoms with Gasteiger partial charge in [0.1, 0.15) is 0 Å². The van der Waals surface area contributed by atoms with Gasteiger partial charge in [-0.3, -0.25) is 14.3 Å². The number of nitrogens with zero attached hydrogens (tertiary/aromatic N) is 3. The monoisotopic (exact) mass is 374 g/mol. The standard InChI is InChI=1S/C22H22N4O2/c1-16-14-19(9-10-20(16)26-13-2-4-21(26)27)24-22(28)18-7-5-17(6-8-18)15-25-12-3-11-23-25/h3,5-12,14H,2,4,13,15H2,1H3,(H,24,28). The van der Waals surface area contributed by atoms with Crippen LogP contribution in [0.2, 0.25) is 0 Å². The van der Waals surface area contributed by atoms with Crippen molar-refractivity contribution in [2.24, 2.45) is 0 Å². The second-order valence-corrected chi connectivity index (χ2v) is 7.00. The Hall–Kier alpha value is -3.41. The van der Waals surface area contributed by atoms with E-state index < -0.39 is 0 Å². The molecule has 1 saturated heterocycles. The first-order chi connectivity index (χ1) is 13.6. The van der Waals surface area contributed by atoms with Gasteiger partial charge in [-0.25, -0.2) is 0 Å². The smallest absolute Gasteiger partial charge is 0.255 e. The second-order valence-electron chi connectivity index (χ2n) is 7.00. The molecule has 6 heteroatoms. The highest BCUT2D eigenvalue weighted by Gasteiger charge is 2.23. The average Bonchev–Trinajstić information content (AvgIpc) is 3.34. The van der Waals surface area contributed by atoms with Crippen LogP contribution in [-0.2, 0) is 11.3 Å². The Labute approximate surface area is 163 Å². The summed E-state index contributed by atoms with van der Waals surface area (Å²) < 4.78 is 1.84. The first-order valence-electron chi connectivity index (χ1n) is 9.39. The van der Waals surface area contributed by atoms with Crippen LogP contribution in [0.25, 0.3) is 0 Å². The summed E-state index contributed by atoms with van der Waals surface area (Å²) in [6.45, 7) is 3.39. The summed E-state index contributed by atoms with van der Waals surface area (Å²) in [6, 6.07) is 15.0. The van der Waals surface area contributed by atoms with E-state index in [1.807, 2.05) is 71.2 Å². The minimum Gasteiger partial charge on any atom is -0.322 e. The van der Waals surface area contributed by atoms with Crippen molar-refractivity contribution in [1.29, 1.82) is 0 Å². The number of aryl methyl sites for hydroxylation is 1. The number of aromatic nitrogens is 2. The van der Waals surface area contributed by atoms with Gasteiger partial charge in [-0.2, -0.15) is 5.10 Å². The van der Waals surface area contributed by atoms with Gasteiger partial charge in [0.05, 0.1) is 6.54 Å². The Morgan fingerprint density at radius 2 is 2.00 bits per heavy atom. The quantitative estimate of drug-likeness (QED) is 0.742. The van der Waals surface area contributed by atoms with Crippen molar-refractivity contribution in [2.45, 2.75) is 26.3 Å². The fourth-order valence-electron chi connectivity index (χ4n) is 3.48. The van der Waals surface area contributed by atoms with E-state index in [4.69, 9.17) is 0 Å². The molecule has 2 amide bonds. The van der Waals surface area contributed by atoms with Gasteiger partial charge in [-0.15, -0.1) is 0 Å². The van der Waals surface area contributed by atoms with Crippen LogP contribution in [0.1, 0.15) is 34.3 Å². The van der Waals surface area contributed by atoms with Gasteiger partial charge >= 0.3 is 0 Å². The number of benzene rings is 2. The van der Waals surface area contributed by atoms with Crippen molar-refractivity contribution >= 4 is 23.2 Å². The topological polar surface area (TPSA) is 67.2 Å². The van der Waals surface area contributed by atoms with Crippen molar-refractivity contribution in [1.82, 2.24) is 9.78 Å². The number of anilines is 2. The zero-order valence-electron chi connectivity index (χ0n) is 15.8. The molecule has 2 aromatic carbocycles. The molecule has 0 saturated carbocycles. The molecule has 3 aromatic rings. The minimum atomic E-state index is -0.157. The van der Waals surface area contributed by atoms with Crippen LogP contribution in [0.4, 0.5) is 11.4 Å². The third-order valence-electron chi connectivity index (χ3n) is 4.94. The van der Waals surface area contributed by atoms with E-state index in [-0.39, 0.29) is 11.8 Å². The predicted molar refractivity (Wildman–Crippen MR) is 108 cm³/mol. The maximum atomic E-state index is 12.6. The highest BCUT2D eigenvalue weighted by molar-refractivity contribution is 6.04. The number of rotatable bonds is 5. The Balaban J connectivity index is 1.43. The van der Waals surface area contributed by atoms with Crippen molar-refractivity contribution in [3.8, 4) is 0 Å². The van der Waals surface area contributed by atoms with Crippen LogP contribution in [-0.4, -0.2) is 28.1 Å². The molecule has 1 aromatic heterocycles. The molecular weight excluding hydrogens is 352 g/mol. The van der Waals surface area contributed by atoms with Gasteiger partial charge in [0.15, 0.2) is 0 Å². The zero-order chi connectivity index (χ0) is 19.5. The fourth-order valence-corrected chi connectivity index (χ4v) is 3.48. The molecule has 142 valence electrons. The van der Waals surface area contributed by atoms with Crippen molar-refractivity contribution < 1.29 is 9.59 Å². The molecule has 28 heavy (non-hydrogen) atoms. The number of carbonyl (C=O) groups is 2. The average molecular weight is 374 g/mol. The van der Waals surface area contributed by atoms with Crippen LogP contribution in [0.5, 0.6) is 0 Å². The van der Waals surface area contributed by atoms with E-state index >= 15 is 0 Å². The lowest BCUT2D eigenvalue weighted by atomic mass is 10.1. The Morgan fingerprint density at radius 1 is 1.18 bits per heavy atom. The SMILES string of the molecule is Cc1cc(NC(=O)c2ccc(Cn3cccn3)cc2)ccc1N1CCCC1=O. The molecule has 0 unspecified atom stereocenters. The summed E-state index contributed by atoms with van der Waals surface area (Å²) in [5.41, 5.74) is 4.29. The molecule has 0 spiro atoms. The van der Waals surface area contributed by atoms with Gasteiger partial charge in [0, 0.05) is 42.3 Å². The lowest BCUT2D eigenvalue weighted by molar-refractivity contribution is -0.117. The Kier molecular flexibility index (Phi) is 4.93.